The van der Waals surface area contributed by atoms with Gasteiger partial charge in [-0.15, -0.1) is 0 Å². The average Bonchev–Trinajstić information content (AvgIpc) is 2.21. The summed E-state index contributed by atoms with van der Waals surface area (Å²) in [4.78, 5) is 5.30. The summed E-state index contributed by atoms with van der Waals surface area (Å²) in [6.45, 7) is 1.99. The topological polar surface area (TPSA) is 30.7 Å². The molecule has 0 radical (unpaired) electrons. The highest BCUT2D eigenvalue weighted by Crippen LogP contribution is 2.18. The summed E-state index contributed by atoms with van der Waals surface area (Å²) in [5.41, 5.74) is 1.00. The average molecular weight is 153 g/mol. The Bertz CT molecular complexity index is 297. The van der Waals surface area contributed by atoms with Crippen LogP contribution in [0.25, 0.3) is 10.3 Å². The maximum Gasteiger partial charge on any atom is 0.165 e. The predicted molar refractivity (Wildman–Crippen MR) is 41.1 cm³/mol. The lowest BCUT2D eigenvalue weighted by Crippen LogP contribution is -1.84. The molecule has 0 atom stereocenters. The molecule has 0 unspecified atom stereocenters. The SMILES string of the molecule is Cc1nc2cn(C)nc2s1. The van der Waals surface area contributed by atoms with E-state index in [2.05, 4.69) is 10.1 Å². The molecular formula is C6H7N3S. The van der Waals surface area contributed by atoms with Crippen molar-refractivity contribution in [2.75, 3.05) is 0 Å². The second kappa shape index (κ2) is 1.79. The smallest absolute Gasteiger partial charge is 0.165 e. The van der Waals surface area contributed by atoms with Gasteiger partial charge in [-0.25, -0.2) is 4.98 Å². The van der Waals surface area contributed by atoms with Crippen molar-refractivity contribution in [3.8, 4) is 0 Å². The zero-order valence-electron chi connectivity index (χ0n) is 5.83. The molecule has 2 rings (SSSR count). The van der Waals surface area contributed by atoms with Crippen molar-refractivity contribution in [2.24, 2.45) is 7.05 Å². The third-order valence-corrected chi connectivity index (χ3v) is 2.17. The molecule has 4 heteroatoms. The molecule has 3 nitrogen and oxygen atoms in total. The van der Waals surface area contributed by atoms with Gasteiger partial charge in [0.15, 0.2) is 4.83 Å². The largest absolute Gasteiger partial charge is 0.272 e. The van der Waals surface area contributed by atoms with Crippen molar-refractivity contribution in [3.05, 3.63) is 11.2 Å². The summed E-state index contributed by atoms with van der Waals surface area (Å²) in [5.74, 6) is 0. The summed E-state index contributed by atoms with van der Waals surface area (Å²) in [6.07, 6.45) is 1.93. The molecular weight excluding hydrogens is 146 g/mol. The maximum absolute atomic E-state index is 4.27. The van der Waals surface area contributed by atoms with Gasteiger partial charge in [-0.1, -0.05) is 11.3 Å². The summed E-state index contributed by atoms with van der Waals surface area (Å²) < 4.78 is 1.79. The fraction of sp³-hybridized carbons (Fsp3) is 0.333. The van der Waals surface area contributed by atoms with E-state index in [1.165, 1.54) is 0 Å². The number of thiazole rings is 1. The van der Waals surface area contributed by atoms with Crippen molar-refractivity contribution in [3.63, 3.8) is 0 Å². The lowest BCUT2D eigenvalue weighted by molar-refractivity contribution is 0.781. The quantitative estimate of drug-likeness (QED) is 0.571. The first-order valence-corrected chi connectivity index (χ1v) is 3.84. The van der Waals surface area contributed by atoms with Gasteiger partial charge < -0.3 is 0 Å². The second-order valence-corrected chi connectivity index (χ2v) is 3.41. The first-order valence-electron chi connectivity index (χ1n) is 3.02. The van der Waals surface area contributed by atoms with Crippen LogP contribution in [0.1, 0.15) is 5.01 Å². The fourth-order valence-corrected chi connectivity index (χ4v) is 1.73. The summed E-state index contributed by atoms with van der Waals surface area (Å²) >= 11 is 1.63. The Kier molecular flexibility index (Phi) is 1.05. The Morgan fingerprint density at radius 3 is 3.10 bits per heavy atom. The van der Waals surface area contributed by atoms with Crippen LogP contribution in [0.15, 0.2) is 6.20 Å². The Morgan fingerprint density at radius 2 is 2.40 bits per heavy atom. The highest BCUT2D eigenvalue weighted by atomic mass is 32.1. The molecule has 2 aromatic heterocycles. The molecule has 52 valence electrons. The van der Waals surface area contributed by atoms with Crippen LogP contribution in [0, 0.1) is 6.92 Å². The van der Waals surface area contributed by atoms with Gasteiger partial charge in [0.1, 0.15) is 5.52 Å². The number of hydrogen-bond acceptors (Lipinski definition) is 3. The zero-order chi connectivity index (χ0) is 7.14. The summed E-state index contributed by atoms with van der Waals surface area (Å²) in [7, 11) is 1.91. The Hall–Kier alpha value is -0.900. The van der Waals surface area contributed by atoms with E-state index in [1.807, 2.05) is 20.2 Å². The number of aryl methyl sites for hydroxylation is 2. The number of rotatable bonds is 0. The highest BCUT2D eigenvalue weighted by Gasteiger charge is 2.01. The molecule has 0 aliphatic rings. The second-order valence-electron chi connectivity index (χ2n) is 2.23. The van der Waals surface area contributed by atoms with Gasteiger partial charge in [-0.05, 0) is 6.92 Å². The van der Waals surface area contributed by atoms with Crippen LogP contribution in [0.4, 0.5) is 0 Å². The number of fused-ring (bicyclic) bond motifs is 1. The Labute approximate surface area is 62.3 Å². The normalized spacial score (nSPS) is 11.0. The molecule has 2 heterocycles. The van der Waals surface area contributed by atoms with E-state index in [-0.39, 0.29) is 0 Å². The van der Waals surface area contributed by atoms with E-state index in [4.69, 9.17) is 0 Å². The molecule has 10 heavy (non-hydrogen) atoms. The molecule has 0 spiro atoms. The standard InChI is InChI=1S/C6H7N3S/c1-4-7-5-3-9(2)8-6(5)10-4/h3H,1-2H3. The van der Waals surface area contributed by atoms with Crippen LogP contribution < -0.4 is 0 Å². The molecule has 0 saturated carbocycles. The van der Waals surface area contributed by atoms with Crippen LogP contribution >= 0.6 is 11.3 Å². The molecule has 0 aliphatic heterocycles. The van der Waals surface area contributed by atoms with Gasteiger partial charge in [0.25, 0.3) is 0 Å². The van der Waals surface area contributed by atoms with Crippen molar-refractivity contribution in [2.45, 2.75) is 6.92 Å². The first kappa shape index (κ1) is 5.85. The number of nitrogens with zero attached hydrogens (tertiary/aromatic N) is 3. The van der Waals surface area contributed by atoms with Gasteiger partial charge in [0.2, 0.25) is 0 Å². The minimum absolute atomic E-state index is 1.00. The molecule has 2 aromatic rings. The van der Waals surface area contributed by atoms with E-state index in [0.29, 0.717) is 0 Å². The van der Waals surface area contributed by atoms with E-state index < -0.39 is 0 Å². The van der Waals surface area contributed by atoms with Gasteiger partial charge in [0.05, 0.1) is 11.2 Å². The molecule has 0 amide bonds. The lowest BCUT2D eigenvalue weighted by Gasteiger charge is -1.80. The van der Waals surface area contributed by atoms with Crippen molar-refractivity contribution >= 4 is 21.7 Å². The van der Waals surface area contributed by atoms with Crippen LogP contribution in [0.5, 0.6) is 0 Å². The number of hydrogen-bond donors (Lipinski definition) is 0. The Balaban J connectivity index is 2.83. The third kappa shape index (κ3) is 0.724. The third-order valence-electron chi connectivity index (χ3n) is 1.30. The minimum atomic E-state index is 1.00. The lowest BCUT2D eigenvalue weighted by atomic mass is 10.6. The minimum Gasteiger partial charge on any atom is -0.272 e. The van der Waals surface area contributed by atoms with Gasteiger partial charge in [-0.2, -0.15) is 5.10 Å². The monoisotopic (exact) mass is 153 g/mol. The molecule has 0 aliphatic carbocycles. The summed E-state index contributed by atoms with van der Waals surface area (Å²) in [6, 6.07) is 0. The van der Waals surface area contributed by atoms with Crippen LogP contribution in [0.3, 0.4) is 0 Å². The molecule has 0 saturated heterocycles. The first-order chi connectivity index (χ1) is 4.75. The van der Waals surface area contributed by atoms with Gasteiger partial charge in [-0.3, -0.25) is 4.68 Å². The number of aromatic nitrogens is 3. The molecule has 0 aromatic carbocycles. The van der Waals surface area contributed by atoms with Crippen LogP contribution in [0.2, 0.25) is 0 Å². The van der Waals surface area contributed by atoms with Gasteiger partial charge in [0, 0.05) is 7.05 Å². The highest BCUT2D eigenvalue weighted by molar-refractivity contribution is 7.18. The van der Waals surface area contributed by atoms with Crippen molar-refractivity contribution in [1.82, 2.24) is 14.8 Å². The molecule has 0 bridgehead atoms. The molecule has 0 N–H and O–H groups in total. The summed E-state index contributed by atoms with van der Waals surface area (Å²) in [5, 5.41) is 5.29. The van der Waals surface area contributed by atoms with Crippen LogP contribution in [-0.4, -0.2) is 14.8 Å². The fourth-order valence-electron chi connectivity index (χ4n) is 0.937. The van der Waals surface area contributed by atoms with E-state index >= 15 is 0 Å². The van der Waals surface area contributed by atoms with E-state index in [0.717, 1.165) is 15.4 Å². The van der Waals surface area contributed by atoms with Crippen molar-refractivity contribution < 1.29 is 0 Å². The van der Waals surface area contributed by atoms with Gasteiger partial charge >= 0.3 is 0 Å². The molecule has 0 fully saturated rings. The predicted octanol–water partition coefficient (Wildman–Crippen LogP) is 1.34. The van der Waals surface area contributed by atoms with E-state index in [1.54, 1.807) is 16.0 Å². The van der Waals surface area contributed by atoms with Crippen molar-refractivity contribution in [1.29, 1.82) is 0 Å². The van der Waals surface area contributed by atoms with E-state index in [9.17, 15) is 0 Å². The maximum atomic E-state index is 4.27. The Morgan fingerprint density at radius 1 is 1.60 bits per heavy atom. The zero-order valence-corrected chi connectivity index (χ0v) is 6.64. The van der Waals surface area contributed by atoms with Crippen LogP contribution in [-0.2, 0) is 7.05 Å².